The molecule has 1 fully saturated rings. The van der Waals surface area contributed by atoms with Gasteiger partial charge >= 0.3 is 7.82 Å². The molecule has 0 saturated carbocycles. The fraction of sp³-hybridized carbons (Fsp3) is 0.545. The molecule has 1 unspecified atom stereocenters. The third kappa shape index (κ3) is 3.12. The van der Waals surface area contributed by atoms with Crippen molar-refractivity contribution in [2.75, 3.05) is 6.61 Å². The lowest BCUT2D eigenvalue weighted by Gasteiger charge is -2.18. The van der Waals surface area contributed by atoms with Crippen LogP contribution >= 0.6 is 7.82 Å². The quantitative estimate of drug-likeness (QED) is 0.495. The van der Waals surface area contributed by atoms with Crippen molar-refractivity contribution in [2.45, 2.75) is 31.0 Å². The van der Waals surface area contributed by atoms with Crippen molar-refractivity contribution < 1.29 is 38.6 Å². The molecule has 0 aliphatic carbocycles. The summed E-state index contributed by atoms with van der Waals surface area (Å²) in [6.45, 7) is -0.613. The molecule has 0 aromatic carbocycles. The van der Waals surface area contributed by atoms with E-state index < -0.39 is 39.0 Å². The van der Waals surface area contributed by atoms with Crippen LogP contribution in [-0.2, 0) is 13.8 Å². The number of phosphoric acid groups is 1. The number of fused-ring (bicyclic) bond motifs is 1. The van der Waals surface area contributed by atoms with Crippen LogP contribution in [0.4, 0.5) is 5.82 Å². The number of aliphatic hydroxyl groups is 2. The molecule has 1 aromatic heterocycles. The van der Waals surface area contributed by atoms with Gasteiger partial charge in [0.1, 0.15) is 18.3 Å². The molecule has 11 nitrogen and oxygen atoms in total. The topological polar surface area (TPSA) is 164 Å². The van der Waals surface area contributed by atoms with E-state index in [0.717, 1.165) is 0 Å². The highest BCUT2D eigenvalue weighted by atomic mass is 31.2. The Bertz CT molecular complexity index is 697. The van der Waals surface area contributed by atoms with Gasteiger partial charge in [-0.2, -0.15) is 0 Å². The molecule has 3 heterocycles. The first-order valence-electron chi connectivity index (χ1n) is 6.62. The van der Waals surface area contributed by atoms with Gasteiger partial charge in [0.2, 0.25) is 0 Å². The van der Waals surface area contributed by atoms with E-state index >= 15 is 0 Å². The molecule has 3 rings (SSSR count). The molecule has 126 valence electrons. The maximum absolute atomic E-state index is 11.7. The maximum atomic E-state index is 11.7. The minimum atomic E-state index is -4.73. The molecule has 1 aromatic rings. The minimum absolute atomic E-state index is 0.124. The lowest BCUT2D eigenvalue weighted by Crippen LogP contribution is -2.33. The van der Waals surface area contributed by atoms with Crippen molar-refractivity contribution in [3.05, 3.63) is 12.0 Å². The Morgan fingerprint density at radius 1 is 1.39 bits per heavy atom. The Hall–Kier alpha value is -1.46. The molecule has 0 amide bonds. The molecule has 23 heavy (non-hydrogen) atoms. The van der Waals surface area contributed by atoms with E-state index in [1.54, 1.807) is 0 Å². The molecule has 2 aliphatic heterocycles. The van der Waals surface area contributed by atoms with Gasteiger partial charge in [0.15, 0.2) is 23.5 Å². The number of hydrogen-bond donors (Lipinski definition) is 4. The van der Waals surface area contributed by atoms with Gasteiger partial charge in [-0.1, -0.05) is 0 Å². The Morgan fingerprint density at radius 2 is 2.13 bits per heavy atom. The predicted octanol–water partition coefficient (Wildman–Crippen LogP) is -1.10. The summed E-state index contributed by atoms with van der Waals surface area (Å²) in [6, 6.07) is 0. The van der Waals surface area contributed by atoms with Crippen LogP contribution < -0.4 is 0 Å². The zero-order valence-electron chi connectivity index (χ0n) is 11.6. The molecule has 0 radical (unpaired) electrons. The summed E-state index contributed by atoms with van der Waals surface area (Å²) in [5.74, 6) is -0.0442. The summed E-state index contributed by atoms with van der Waals surface area (Å²) < 4.78 is 21.7. The summed E-state index contributed by atoms with van der Waals surface area (Å²) in [7, 11) is -4.73. The molecule has 0 bridgehead atoms. The Morgan fingerprint density at radius 3 is 2.83 bits per heavy atom. The number of aliphatic imine (C=N–C) groups is 1. The van der Waals surface area contributed by atoms with Crippen LogP contribution in [0.5, 0.6) is 0 Å². The molecular weight excluding hydrogens is 333 g/mol. The van der Waals surface area contributed by atoms with Crippen molar-refractivity contribution in [1.82, 2.24) is 9.55 Å². The highest BCUT2D eigenvalue weighted by molar-refractivity contribution is 7.46. The van der Waals surface area contributed by atoms with Gasteiger partial charge in [-0.05, 0) is 0 Å². The number of ketones is 1. The van der Waals surface area contributed by atoms with Crippen LogP contribution in [0.15, 0.2) is 11.3 Å². The predicted molar refractivity (Wildman–Crippen MR) is 73.2 cm³/mol. The third-order valence-electron chi connectivity index (χ3n) is 3.54. The second-order valence-corrected chi connectivity index (χ2v) is 6.34. The van der Waals surface area contributed by atoms with Crippen molar-refractivity contribution in [2.24, 2.45) is 4.99 Å². The van der Waals surface area contributed by atoms with Crippen LogP contribution in [0, 0.1) is 0 Å². The van der Waals surface area contributed by atoms with E-state index in [-0.39, 0.29) is 23.7 Å². The number of carbonyl (C=O) groups is 1. The van der Waals surface area contributed by atoms with Crippen LogP contribution in [0.25, 0.3) is 0 Å². The van der Waals surface area contributed by atoms with Gasteiger partial charge in [0, 0.05) is 12.6 Å². The van der Waals surface area contributed by atoms with E-state index in [4.69, 9.17) is 14.5 Å². The zero-order chi connectivity index (χ0) is 16.8. The number of aliphatic hydroxyl groups excluding tert-OH is 2. The van der Waals surface area contributed by atoms with E-state index in [1.165, 1.54) is 17.1 Å². The number of rotatable bonds is 4. The number of aromatic nitrogens is 2. The molecule has 2 aliphatic rings. The first kappa shape index (κ1) is 16.4. The fourth-order valence-electron chi connectivity index (χ4n) is 2.44. The second kappa shape index (κ2) is 5.87. The van der Waals surface area contributed by atoms with E-state index in [1.807, 2.05) is 0 Å². The van der Waals surface area contributed by atoms with Crippen LogP contribution in [0.1, 0.15) is 23.1 Å². The van der Waals surface area contributed by atoms with Crippen molar-refractivity contribution >= 4 is 25.6 Å². The van der Waals surface area contributed by atoms with Crippen LogP contribution in [0.3, 0.4) is 0 Å². The molecule has 0 spiro atoms. The summed E-state index contributed by atoms with van der Waals surface area (Å²) >= 11 is 0. The number of carbonyl (C=O) groups excluding carboxylic acids is 1. The number of phosphoric ester groups is 1. The average Bonchev–Trinajstić information content (AvgIpc) is 3.01. The Kier molecular flexibility index (Phi) is 4.19. The van der Waals surface area contributed by atoms with E-state index in [0.29, 0.717) is 0 Å². The fourth-order valence-corrected chi connectivity index (χ4v) is 2.79. The van der Waals surface area contributed by atoms with Gasteiger partial charge in [-0.15, -0.1) is 0 Å². The number of nitrogens with zero attached hydrogens (tertiary/aromatic N) is 3. The summed E-state index contributed by atoms with van der Waals surface area (Å²) in [6.07, 6.45) is -2.36. The standard InChI is InChI=1S/C11H14N3O8P/c15-5-1-2-12-10-7(5)13-4-14(10)11-9(17)8(16)6(22-11)3-21-23(18,19)20/h2,4,6,8-9,11,16-17H,1,3H2,(H2,18,19,20)/t6-,8-,9-,11?/m1/s1. The first-order chi connectivity index (χ1) is 10.8. The number of ether oxygens (including phenoxy) is 1. The normalized spacial score (nSPS) is 30.7. The van der Waals surface area contributed by atoms with Crippen LogP contribution in [-0.4, -0.2) is 66.5 Å². The highest BCUT2D eigenvalue weighted by Gasteiger charge is 2.45. The Balaban J connectivity index is 1.81. The minimum Gasteiger partial charge on any atom is -0.387 e. The molecular formula is C11H14N3O8P. The van der Waals surface area contributed by atoms with Crippen molar-refractivity contribution in [3.8, 4) is 0 Å². The van der Waals surface area contributed by atoms with Gasteiger partial charge < -0.3 is 24.7 Å². The maximum Gasteiger partial charge on any atom is 0.469 e. The van der Waals surface area contributed by atoms with Crippen LogP contribution in [0.2, 0.25) is 0 Å². The smallest absolute Gasteiger partial charge is 0.387 e. The number of Topliss-reactive ketones (excluding diaryl/α,β-unsaturated/α-hetero) is 1. The third-order valence-corrected chi connectivity index (χ3v) is 4.03. The summed E-state index contributed by atoms with van der Waals surface area (Å²) in [5, 5.41) is 20.0. The molecule has 12 heteroatoms. The Labute approximate surface area is 129 Å². The zero-order valence-corrected chi connectivity index (χ0v) is 12.5. The first-order valence-corrected chi connectivity index (χ1v) is 8.15. The monoisotopic (exact) mass is 347 g/mol. The summed E-state index contributed by atoms with van der Waals surface area (Å²) in [4.78, 5) is 37.0. The summed E-state index contributed by atoms with van der Waals surface area (Å²) in [5.41, 5.74) is 0.132. The largest absolute Gasteiger partial charge is 0.469 e. The van der Waals surface area contributed by atoms with Gasteiger partial charge in [0.25, 0.3) is 0 Å². The second-order valence-electron chi connectivity index (χ2n) is 5.10. The molecule has 1 saturated heterocycles. The lowest BCUT2D eigenvalue weighted by molar-refractivity contribution is -0.0512. The van der Waals surface area contributed by atoms with Gasteiger partial charge in [-0.25, -0.2) is 14.5 Å². The van der Waals surface area contributed by atoms with Crippen molar-refractivity contribution in [3.63, 3.8) is 0 Å². The highest BCUT2D eigenvalue weighted by Crippen LogP contribution is 2.39. The number of imidazole rings is 1. The average molecular weight is 347 g/mol. The lowest BCUT2D eigenvalue weighted by atomic mass is 10.1. The molecule has 4 N–H and O–H groups in total. The van der Waals surface area contributed by atoms with E-state index in [9.17, 15) is 19.6 Å². The van der Waals surface area contributed by atoms with Gasteiger partial charge in [0.05, 0.1) is 12.9 Å². The van der Waals surface area contributed by atoms with Crippen molar-refractivity contribution in [1.29, 1.82) is 0 Å². The van der Waals surface area contributed by atoms with Gasteiger partial charge in [-0.3, -0.25) is 13.9 Å². The number of hydrogen-bond acceptors (Lipinski definition) is 8. The molecule has 4 atom stereocenters. The SMILES string of the molecule is O=C1CC=Nc2c1ncn2C1O[C@H](COP(=O)(O)O)[C@@H](O)[C@H]1O. The van der Waals surface area contributed by atoms with E-state index in [2.05, 4.69) is 14.5 Å².